The molecule has 3 nitrogen and oxygen atoms in total. The molecule has 104 valence electrons. The standard InChI is InChI=1S/C15H23BO3/c1-11(9-18-3)10-19-15(17)14(16)12(2)13-7-5-4-6-8-13/h4-8,11-12,14H,9-10,16H2,1-3H3. The summed E-state index contributed by atoms with van der Waals surface area (Å²) in [5, 5.41) is 0. The van der Waals surface area contributed by atoms with E-state index in [1.165, 1.54) is 0 Å². The third-order valence-corrected chi connectivity index (χ3v) is 3.41. The van der Waals surface area contributed by atoms with Gasteiger partial charge in [-0.2, -0.15) is 0 Å². The van der Waals surface area contributed by atoms with Gasteiger partial charge in [0.05, 0.1) is 13.2 Å². The van der Waals surface area contributed by atoms with Crippen molar-refractivity contribution in [3.05, 3.63) is 35.9 Å². The van der Waals surface area contributed by atoms with Gasteiger partial charge in [-0.15, -0.1) is 0 Å². The predicted octanol–water partition coefficient (Wildman–Crippen LogP) is 2.04. The van der Waals surface area contributed by atoms with E-state index in [2.05, 4.69) is 6.92 Å². The van der Waals surface area contributed by atoms with Crippen LogP contribution >= 0.6 is 0 Å². The molecule has 1 aromatic rings. The summed E-state index contributed by atoms with van der Waals surface area (Å²) in [6.45, 7) is 5.08. The topological polar surface area (TPSA) is 35.5 Å². The van der Waals surface area contributed by atoms with Crippen molar-refractivity contribution in [3.8, 4) is 0 Å². The first-order valence-corrected chi connectivity index (χ1v) is 6.76. The van der Waals surface area contributed by atoms with Gasteiger partial charge < -0.3 is 9.47 Å². The van der Waals surface area contributed by atoms with Gasteiger partial charge in [0.15, 0.2) is 0 Å². The number of hydrogen-bond donors (Lipinski definition) is 0. The van der Waals surface area contributed by atoms with Crippen LogP contribution in [0.15, 0.2) is 30.3 Å². The van der Waals surface area contributed by atoms with Gasteiger partial charge in [0.25, 0.3) is 0 Å². The third-order valence-electron chi connectivity index (χ3n) is 3.41. The van der Waals surface area contributed by atoms with Crippen LogP contribution in [-0.2, 0) is 14.3 Å². The molecule has 0 bridgehead atoms. The Balaban J connectivity index is 2.48. The maximum Gasteiger partial charge on any atom is 0.301 e. The molecule has 1 aromatic carbocycles. The molecule has 0 N–H and O–H groups in total. The van der Waals surface area contributed by atoms with E-state index in [0.717, 1.165) is 5.56 Å². The van der Waals surface area contributed by atoms with Gasteiger partial charge >= 0.3 is 5.97 Å². The van der Waals surface area contributed by atoms with Crippen LogP contribution in [0.25, 0.3) is 0 Å². The number of carbonyl (C=O) groups excluding carboxylic acids is 1. The summed E-state index contributed by atoms with van der Waals surface area (Å²) in [6.07, 6.45) is 0. The van der Waals surface area contributed by atoms with Crippen LogP contribution in [0.2, 0.25) is 5.82 Å². The molecule has 0 saturated carbocycles. The minimum Gasteiger partial charge on any atom is -0.466 e. The van der Waals surface area contributed by atoms with E-state index in [1.807, 2.05) is 45.1 Å². The highest BCUT2D eigenvalue weighted by Gasteiger charge is 2.23. The van der Waals surface area contributed by atoms with Crippen molar-refractivity contribution >= 4 is 13.8 Å². The SMILES string of the molecule is BC(C(=O)OCC(C)COC)C(C)c1ccccc1. The Labute approximate surface area is 116 Å². The Kier molecular flexibility index (Phi) is 6.64. The summed E-state index contributed by atoms with van der Waals surface area (Å²) >= 11 is 0. The van der Waals surface area contributed by atoms with Gasteiger partial charge in [-0.3, -0.25) is 4.79 Å². The summed E-state index contributed by atoms with van der Waals surface area (Å²) in [7, 11) is 3.57. The van der Waals surface area contributed by atoms with Crippen molar-refractivity contribution in [2.24, 2.45) is 5.92 Å². The molecular formula is C15H23BO3. The Morgan fingerprint density at radius 3 is 2.42 bits per heavy atom. The van der Waals surface area contributed by atoms with Crippen molar-refractivity contribution in [3.63, 3.8) is 0 Å². The highest BCUT2D eigenvalue weighted by atomic mass is 16.5. The van der Waals surface area contributed by atoms with Crippen molar-refractivity contribution in [2.75, 3.05) is 20.3 Å². The third kappa shape index (κ3) is 5.07. The van der Waals surface area contributed by atoms with Gasteiger partial charge in [-0.25, -0.2) is 0 Å². The van der Waals surface area contributed by atoms with Crippen molar-refractivity contribution in [2.45, 2.75) is 25.6 Å². The van der Waals surface area contributed by atoms with Crippen molar-refractivity contribution in [1.29, 1.82) is 0 Å². The summed E-state index contributed by atoms with van der Waals surface area (Å²) in [5.41, 5.74) is 1.16. The average molecular weight is 262 g/mol. The Bertz CT molecular complexity index is 380. The monoisotopic (exact) mass is 262 g/mol. The minimum absolute atomic E-state index is 0.140. The summed E-state index contributed by atoms with van der Waals surface area (Å²) in [5.74, 6) is 0.107. The first-order valence-electron chi connectivity index (χ1n) is 6.76. The summed E-state index contributed by atoms with van der Waals surface area (Å²) in [6, 6.07) is 10.0. The van der Waals surface area contributed by atoms with Crippen molar-refractivity contribution < 1.29 is 14.3 Å². The Morgan fingerprint density at radius 2 is 1.84 bits per heavy atom. The lowest BCUT2D eigenvalue weighted by Gasteiger charge is -2.20. The number of methoxy groups -OCH3 is 1. The normalized spacial score (nSPS) is 15.5. The van der Waals surface area contributed by atoms with Gasteiger partial charge in [-0.05, 0) is 11.5 Å². The number of carbonyl (C=O) groups is 1. The van der Waals surface area contributed by atoms with Crippen molar-refractivity contribution in [1.82, 2.24) is 0 Å². The maximum absolute atomic E-state index is 12.0. The van der Waals surface area contributed by atoms with E-state index in [-0.39, 0.29) is 23.6 Å². The quantitative estimate of drug-likeness (QED) is 0.557. The number of rotatable bonds is 7. The molecule has 3 atom stereocenters. The fourth-order valence-electron chi connectivity index (χ4n) is 1.94. The second-order valence-electron chi connectivity index (χ2n) is 5.18. The Hall–Kier alpha value is -1.29. The minimum atomic E-state index is -0.142. The fraction of sp³-hybridized carbons (Fsp3) is 0.533. The molecule has 0 radical (unpaired) electrons. The van der Waals surface area contributed by atoms with E-state index in [9.17, 15) is 4.79 Å². The van der Waals surface area contributed by atoms with E-state index in [0.29, 0.717) is 13.2 Å². The lowest BCUT2D eigenvalue weighted by Crippen LogP contribution is -2.22. The lowest BCUT2D eigenvalue weighted by molar-refractivity contribution is -0.145. The fourth-order valence-corrected chi connectivity index (χ4v) is 1.94. The predicted molar refractivity (Wildman–Crippen MR) is 79.2 cm³/mol. The first kappa shape index (κ1) is 15.8. The molecule has 19 heavy (non-hydrogen) atoms. The zero-order chi connectivity index (χ0) is 14.3. The van der Waals surface area contributed by atoms with E-state index >= 15 is 0 Å². The molecule has 0 heterocycles. The van der Waals surface area contributed by atoms with Crippen LogP contribution in [0.3, 0.4) is 0 Å². The molecule has 0 saturated heterocycles. The molecule has 0 fully saturated rings. The smallest absolute Gasteiger partial charge is 0.301 e. The molecular weight excluding hydrogens is 239 g/mol. The lowest BCUT2D eigenvalue weighted by atomic mass is 9.74. The van der Waals surface area contributed by atoms with Crippen LogP contribution in [-0.4, -0.2) is 34.1 Å². The van der Waals surface area contributed by atoms with Crippen LogP contribution in [0.1, 0.15) is 25.3 Å². The van der Waals surface area contributed by atoms with Crippen LogP contribution in [0.5, 0.6) is 0 Å². The molecule has 1 rings (SSSR count). The van der Waals surface area contributed by atoms with Gasteiger partial charge in [0, 0.05) is 18.8 Å². The second-order valence-corrected chi connectivity index (χ2v) is 5.18. The summed E-state index contributed by atoms with van der Waals surface area (Å²) < 4.78 is 10.4. The zero-order valence-electron chi connectivity index (χ0n) is 12.3. The van der Waals surface area contributed by atoms with Crippen LogP contribution in [0, 0.1) is 5.92 Å². The second kappa shape index (κ2) is 8.00. The number of hydrogen-bond acceptors (Lipinski definition) is 3. The first-order chi connectivity index (χ1) is 9.06. The van der Waals surface area contributed by atoms with E-state index < -0.39 is 0 Å². The Morgan fingerprint density at radius 1 is 1.21 bits per heavy atom. The van der Waals surface area contributed by atoms with E-state index in [1.54, 1.807) is 7.11 Å². The molecule has 0 aliphatic heterocycles. The van der Waals surface area contributed by atoms with Gasteiger partial charge in [-0.1, -0.05) is 44.2 Å². The average Bonchev–Trinajstić information content (AvgIpc) is 2.44. The zero-order valence-corrected chi connectivity index (χ0v) is 12.3. The van der Waals surface area contributed by atoms with Gasteiger partial charge in [0.1, 0.15) is 7.85 Å². The maximum atomic E-state index is 12.0. The molecule has 0 amide bonds. The largest absolute Gasteiger partial charge is 0.466 e. The summed E-state index contributed by atoms with van der Waals surface area (Å²) in [4.78, 5) is 12.0. The molecule has 0 aliphatic rings. The molecule has 4 heteroatoms. The molecule has 0 spiro atoms. The van der Waals surface area contributed by atoms with Crippen LogP contribution < -0.4 is 0 Å². The van der Waals surface area contributed by atoms with Gasteiger partial charge in [0.2, 0.25) is 0 Å². The highest BCUT2D eigenvalue weighted by Crippen LogP contribution is 2.27. The number of benzene rings is 1. The molecule has 3 unspecified atom stereocenters. The number of ether oxygens (including phenoxy) is 2. The van der Waals surface area contributed by atoms with E-state index in [4.69, 9.17) is 9.47 Å². The number of esters is 1. The molecule has 0 aliphatic carbocycles. The van der Waals surface area contributed by atoms with Crippen LogP contribution in [0.4, 0.5) is 0 Å². The molecule has 0 aromatic heterocycles. The highest BCUT2D eigenvalue weighted by molar-refractivity contribution is 6.23.